The number of nitrogens with zero attached hydrogens (tertiary/aromatic N) is 3. The van der Waals surface area contributed by atoms with E-state index in [0.717, 1.165) is 24.4 Å². The van der Waals surface area contributed by atoms with Crippen LogP contribution in [0.15, 0.2) is 42.5 Å². The molecule has 1 saturated heterocycles. The number of halogens is 2. The molecule has 0 spiro atoms. The van der Waals surface area contributed by atoms with Crippen LogP contribution < -0.4 is 14.5 Å². The molecule has 0 radical (unpaired) electrons. The summed E-state index contributed by atoms with van der Waals surface area (Å²) in [6, 6.07) is 13.8. The van der Waals surface area contributed by atoms with Gasteiger partial charge in [0.15, 0.2) is 0 Å². The third-order valence-electron chi connectivity index (χ3n) is 6.46. The first-order chi connectivity index (χ1) is 18.8. The van der Waals surface area contributed by atoms with E-state index in [1.165, 1.54) is 50.8 Å². The largest absolute Gasteiger partial charge is 0.502 e. The van der Waals surface area contributed by atoms with Crippen LogP contribution in [0.4, 0.5) is 17.1 Å². The Hall–Kier alpha value is -1.59. The zero-order chi connectivity index (χ0) is 29.7. The minimum atomic E-state index is -1.05. The van der Waals surface area contributed by atoms with Crippen molar-refractivity contribution in [3.63, 3.8) is 0 Å². The van der Waals surface area contributed by atoms with Gasteiger partial charge in [-0.05, 0) is 63.8 Å². The van der Waals surface area contributed by atoms with Crippen molar-refractivity contribution in [3.05, 3.63) is 98.2 Å². The number of benzene rings is 3. The maximum Gasteiger partial charge on any atom is 0.0146 e. The predicted octanol–water partition coefficient (Wildman–Crippen LogP) is 8.83. The number of nitro benzene ring substituents is 1. The quantitative estimate of drug-likeness (QED) is 0.0817. The molecule has 3 aromatic carbocycles. The van der Waals surface area contributed by atoms with Crippen LogP contribution in [0.2, 0.25) is 0 Å². The summed E-state index contributed by atoms with van der Waals surface area (Å²) in [4.78, 5) is 15.2. The van der Waals surface area contributed by atoms with Crippen molar-refractivity contribution in [2.24, 2.45) is 0 Å². The van der Waals surface area contributed by atoms with Crippen LogP contribution in [0.3, 0.4) is 0 Å². The summed E-state index contributed by atoms with van der Waals surface area (Å²) in [5, 5.41) is 10.7. The molecule has 0 bridgehead atoms. The van der Waals surface area contributed by atoms with Gasteiger partial charge in [-0.15, -0.1) is 0 Å². The van der Waals surface area contributed by atoms with Gasteiger partial charge in [-0.2, -0.15) is 6.67 Å². The summed E-state index contributed by atoms with van der Waals surface area (Å²) in [6.07, 6.45) is 0.0627. The maximum absolute atomic E-state index is 10.7. The molecule has 4 rings (SSSR count). The second kappa shape index (κ2) is 14.5. The van der Waals surface area contributed by atoms with Gasteiger partial charge >= 0.3 is 128 Å². The second-order valence-electron chi connectivity index (χ2n) is 10.4. The van der Waals surface area contributed by atoms with Crippen molar-refractivity contribution in [2.75, 3.05) is 22.9 Å². The van der Waals surface area contributed by atoms with Gasteiger partial charge < -0.3 is 9.80 Å². The molecule has 1 fully saturated rings. The third kappa shape index (κ3) is 8.71. The van der Waals surface area contributed by atoms with Crippen molar-refractivity contribution in [1.82, 2.24) is 0 Å². The van der Waals surface area contributed by atoms with E-state index in [0.29, 0.717) is 0 Å². The molecule has 0 atom stereocenters. The molecular formula is C31H38I2N3O3Ru-. The first kappa shape index (κ1) is 32.9. The first-order valence-corrected chi connectivity index (χ1v) is 24.4. The molecule has 1 aliphatic heterocycles. The van der Waals surface area contributed by atoms with Gasteiger partial charge in [0, 0.05) is 24.5 Å². The molecule has 218 valence electrons. The number of ether oxygens (including phenoxy) is 1. The number of rotatable bonds is 6. The molecular weight excluding hydrogens is 817 g/mol. The van der Waals surface area contributed by atoms with Crippen LogP contribution in [0.25, 0.3) is 0 Å². The fraction of sp³-hybridized carbons (Fsp3) is 0.355. The minimum Gasteiger partial charge on any atom is -0.502 e. The van der Waals surface area contributed by atoms with Gasteiger partial charge in [0.1, 0.15) is 0 Å². The fourth-order valence-corrected chi connectivity index (χ4v) is 8.87. The standard InChI is InChI=1S/C21H27N2.C10H11NO3.2HI.Ru/c1-14-9-16(3)20(17(4)10-14)22-7-8-23(13-22)21-18(5)11-15(2)12-19(21)6;1-7(2)14-10-5-4-9(11(12)13)6-8(10)3;;;/h9-13H,7-8H2,1-6H3;3-7H,1-2H3;2*1H;/q-1;;;;+2/p-2. The number of hydrogen-bond donors (Lipinski definition) is 0. The van der Waals surface area contributed by atoms with Gasteiger partial charge in [-0.1, -0.05) is 35.4 Å². The first-order valence-electron chi connectivity index (χ1n) is 13.1. The zero-order valence-electron chi connectivity index (χ0n) is 24.4. The van der Waals surface area contributed by atoms with E-state index in [2.05, 4.69) is 126 Å². The van der Waals surface area contributed by atoms with E-state index in [1.807, 2.05) is 13.8 Å². The normalized spacial score (nSPS) is 13.2. The van der Waals surface area contributed by atoms with E-state index in [4.69, 9.17) is 4.74 Å². The Bertz CT molecular complexity index is 1310. The molecule has 6 nitrogen and oxygen atoms in total. The monoisotopic (exact) mass is 856 g/mol. The van der Waals surface area contributed by atoms with Crippen LogP contribution in [-0.4, -0.2) is 28.7 Å². The molecule has 0 aliphatic carbocycles. The van der Waals surface area contributed by atoms with Crippen molar-refractivity contribution < 1.29 is 18.1 Å². The van der Waals surface area contributed by atoms with E-state index < -0.39 is 8.47 Å². The Kier molecular flexibility index (Phi) is 12.0. The maximum atomic E-state index is 10.7. The van der Waals surface area contributed by atoms with E-state index >= 15 is 0 Å². The molecule has 9 heteroatoms. The summed E-state index contributed by atoms with van der Waals surface area (Å²) < 4.78 is 7.72. The van der Waals surface area contributed by atoms with Crippen molar-refractivity contribution >= 4 is 61.2 Å². The van der Waals surface area contributed by atoms with E-state index in [-0.39, 0.29) is 16.7 Å². The van der Waals surface area contributed by atoms with Crippen LogP contribution >= 0.6 is 39.5 Å². The van der Waals surface area contributed by atoms with Gasteiger partial charge in [-0.3, -0.25) is 0 Å². The number of nitro groups is 1. The molecule has 0 amide bonds. The van der Waals surface area contributed by atoms with Gasteiger partial charge in [0.2, 0.25) is 0 Å². The molecule has 0 saturated carbocycles. The average molecular weight is 856 g/mol. The van der Waals surface area contributed by atoms with Crippen LogP contribution in [0.1, 0.15) is 52.8 Å². The molecule has 40 heavy (non-hydrogen) atoms. The molecule has 1 heterocycles. The molecule has 3 aromatic rings. The predicted molar refractivity (Wildman–Crippen MR) is 182 cm³/mol. The summed E-state index contributed by atoms with van der Waals surface area (Å²) in [7, 11) is -1.05. The molecule has 0 unspecified atom stereocenters. The minimum absolute atomic E-state index is 0.0627. The Balaban J connectivity index is 0.000000232. The Labute approximate surface area is 265 Å². The topological polar surface area (TPSA) is 58.9 Å². The van der Waals surface area contributed by atoms with E-state index in [9.17, 15) is 10.1 Å². The molecule has 0 aromatic heterocycles. The Morgan fingerprint density at radius 2 is 1.32 bits per heavy atom. The summed E-state index contributed by atoms with van der Waals surface area (Å²) in [5.41, 5.74) is 11.8. The summed E-state index contributed by atoms with van der Waals surface area (Å²) in [5.74, 6) is 0.720. The van der Waals surface area contributed by atoms with Crippen LogP contribution in [0, 0.1) is 58.3 Å². The van der Waals surface area contributed by atoms with Gasteiger partial charge in [0.25, 0.3) is 0 Å². The number of anilines is 2. The molecule has 1 aliphatic rings. The van der Waals surface area contributed by atoms with Crippen molar-refractivity contribution in [2.45, 2.75) is 61.5 Å². The number of aryl methyl sites for hydroxylation is 6. The number of hydrogen-bond acceptors (Lipinski definition) is 5. The third-order valence-corrected chi connectivity index (χ3v) is 9.99. The average Bonchev–Trinajstić information content (AvgIpc) is 3.27. The van der Waals surface area contributed by atoms with E-state index in [1.54, 1.807) is 12.1 Å². The summed E-state index contributed by atoms with van der Waals surface area (Å²) in [6.45, 7) is 21.4. The van der Waals surface area contributed by atoms with Crippen molar-refractivity contribution in [3.8, 4) is 5.75 Å². The van der Waals surface area contributed by atoms with Gasteiger partial charge in [0.05, 0.1) is 0 Å². The van der Waals surface area contributed by atoms with Gasteiger partial charge in [-0.25, -0.2) is 0 Å². The smallest absolute Gasteiger partial charge is 0.0146 e. The second-order valence-corrected chi connectivity index (χ2v) is 30.3. The zero-order valence-corrected chi connectivity index (χ0v) is 30.4. The number of non-ortho nitro benzene ring substituents is 1. The van der Waals surface area contributed by atoms with Crippen LogP contribution in [0.5, 0.6) is 5.75 Å². The summed E-state index contributed by atoms with van der Waals surface area (Å²) >= 11 is 4.75. The Morgan fingerprint density at radius 1 is 0.875 bits per heavy atom. The van der Waals surface area contributed by atoms with Crippen molar-refractivity contribution in [1.29, 1.82) is 0 Å². The fourth-order valence-electron chi connectivity index (χ4n) is 5.26. The van der Waals surface area contributed by atoms with Crippen LogP contribution in [-0.2, 0) is 8.47 Å². The Morgan fingerprint density at radius 3 is 1.70 bits per heavy atom. The SMILES string of the molecule is CC(C)Oc1ccc([N+](=O)[O-])cc1[CH]=[Ru]([I])[I].Cc1cc(C)c(N2[CH-]N(c3c(C)cc(C)cc3C)CC2)c(C)c1. The molecule has 0 N–H and O–H groups in total.